The highest BCUT2D eigenvalue weighted by molar-refractivity contribution is 5.40. The van der Waals surface area contributed by atoms with Gasteiger partial charge >= 0.3 is 0 Å². The fourth-order valence-electron chi connectivity index (χ4n) is 1.79. The van der Waals surface area contributed by atoms with Crippen LogP contribution in [0.4, 0.5) is 5.82 Å². The van der Waals surface area contributed by atoms with Crippen molar-refractivity contribution in [2.45, 2.75) is 18.8 Å². The number of nitrogen functional groups attached to an aromatic ring is 1. The number of aromatic nitrogens is 2. The van der Waals surface area contributed by atoms with Gasteiger partial charge in [0, 0.05) is 12.0 Å². The van der Waals surface area contributed by atoms with E-state index in [4.69, 9.17) is 15.7 Å². The molecule has 2 aromatic rings. The maximum Gasteiger partial charge on any atom is 0.224 e. The van der Waals surface area contributed by atoms with E-state index in [1.165, 1.54) is 0 Å². The lowest BCUT2D eigenvalue weighted by molar-refractivity contribution is 0.459. The van der Waals surface area contributed by atoms with E-state index in [0.717, 1.165) is 18.7 Å². The number of nitrogens with two attached hydrogens (primary N) is 1. The van der Waals surface area contributed by atoms with E-state index in [9.17, 15) is 0 Å². The van der Waals surface area contributed by atoms with Gasteiger partial charge in [-0.1, -0.05) is 6.07 Å². The normalized spacial score (nSPS) is 13.8. The third kappa shape index (κ3) is 2.63. The second-order valence-corrected chi connectivity index (χ2v) is 4.51. The summed E-state index contributed by atoms with van der Waals surface area (Å²) < 4.78 is 5.64. The molecule has 0 amide bonds. The smallest absolute Gasteiger partial charge is 0.224 e. The van der Waals surface area contributed by atoms with Gasteiger partial charge in [0.05, 0.1) is 11.6 Å². The van der Waals surface area contributed by atoms with Crippen LogP contribution >= 0.6 is 0 Å². The number of hydrogen-bond donors (Lipinski definition) is 1. The number of ether oxygens (including phenoxy) is 1. The Morgan fingerprint density at radius 2 is 2.11 bits per heavy atom. The van der Waals surface area contributed by atoms with Crippen LogP contribution in [-0.4, -0.2) is 9.97 Å². The minimum Gasteiger partial charge on any atom is -0.439 e. The summed E-state index contributed by atoms with van der Waals surface area (Å²) in [7, 11) is 0. The molecule has 5 nitrogen and oxygen atoms in total. The second-order valence-electron chi connectivity index (χ2n) is 4.51. The summed E-state index contributed by atoms with van der Waals surface area (Å²) in [6.45, 7) is 0. The predicted octanol–water partition coefficient (Wildman–Crippen LogP) is 2.60. The van der Waals surface area contributed by atoms with Gasteiger partial charge in [0.2, 0.25) is 5.88 Å². The molecule has 5 heteroatoms. The molecule has 0 aliphatic heterocycles. The van der Waals surface area contributed by atoms with Crippen molar-refractivity contribution in [3.8, 4) is 17.7 Å². The molecule has 0 bridgehead atoms. The number of hydrogen-bond acceptors (Lipinski definition) is 5. The Balaban J connectivity index is 1.88. The van der Waals surface area contributed by atoms with Crippen molar-refractivity contribution in [3.05, 3.63) is 41.7 Å². The van der Waals surface area contributed by atoms with Crippen molar-refractivity contribution in [2.75, 3.05) is 5.73 Å². The predicted molar refractivity (Wildman–Crippen MR) is 69.7 cm³/mol. The Morgan fingerprint density at radius 1 is 1.26 bits per heavy atom. The van der Waals surface area contributed by atoms with Crippen molar-refractivity contribution < 1.29 is 4.74 Å². The molecule has 1 aromatic carbocycles. The van der Waals surface area contributed by atoms with Gasteiger partial charge in [-0.3, -0.25) is 0 Å². The van der Waals surface area contributed by atoms with Crippen molar-refractivity contribution in [2.24, 2.45) is 0 Å². The van der Waals surface area contributed by atoms with Crippen molar-refractivity contribution in [1.29, 1.82) is 5.26 Å². The van der Waals surface area contributed by atoms with Gasteiger partial charge in [-0.05, 0) is 31.0 Å². The summed E-state index contributed by atoms with van der Waals surface area (Å²) in [6.07, 6.45) is 2.21. The molecule has 19 heavy (non-hydrogen) atoms. The van der Waals surface area contributed by atoms with Crippen LogP contribution in [0.15, 0.2) is 30.3 Å². The van der Waals surface area contributed by atoms with E-state index in [2.05, 4.69) is 16.0 Å². The zero-order chi connectivity index (χ0) is 13.2. The molecule has 1 saturated carbocycles. The quantitative estimate of drug-likeness (QED) is 0.907. The fraction of sp³-hybridized carbons (Fsp3) is 0.214. The molecule has 0 unspecified atom stereocenters. The summed E-state index contributed by atoms with van der Waals surface area (Å²) in [4.78, 5) is 8.56. The van der Waals surface area contributed by atoms with Crippen molar-refractivity contribution >= 4 is 5.82 Å². The summed E-state index contributed by atoms with van der Waals surface area (Å²) in [5.41, 5.74) is 6.29. The first-order valence-corrected chi connectivity index (χ1v) is 6.07. The monoisotopic (exact) mass is 252 g/mol. The van der Waals surface area contributed by atoms with Gasteiger partial charge in [0.25, 0.3) is 0 Å². The first-order chi connectivity index (χ1) is 9.24. The summed E-state index contributed by atoms with van der Waals surface area (Å²) in [5, 5.41) is 8.85. The number of anilines is 1. The lowest BCUT2D eigenvalue weighted by Gasteiger charge is -2.07. The van der Waals surface area contributed by atoms with Gasteiger partial charge in [-0.25, -0.2) is 4.98 Å². The molecule has 94 valence electrons. The van der Waals surface area contributed by atoms with Crippen LogP contribution < -0.4 is 10.5 Å². The third-order valence-corrected chi connectivity index (χ3v) is 2.87. The Hall–Kier alpha value is -2.61. The van der Waals surface area contributed by atoms with Gasteiger partial charge in [0.1, 0.15) is 17.4 Å². The average molecular weight is 252 g/mol. The molecule has 0 saturated heterocycles. The highest BCUT2D eigenvalue weighted by Crippen LogP contribution is 2.39. The maximum atomic E-state index is 8.85. The van der Waals surface area contributed by atoms with E-state index in [0.29, 0.717) is 28.9 Å². The zero-order valence-corrected chi connectivity index (χ0v) is 10.2. The third-order valence-electron chi connectivity index (χ3n) is 2.87. The molecule has 1 aromatic heterocycles. The topological polar surface area (TPSA) is 84.8 Å². The first kappa shape index (κ1) is 11.5. The minimum atomic E-state index is 0.406. The van der Waals surface area contributed by atoms with E-state index in [1.807, 2.05) is 0 Å². The fourth-order valence-corrected chi connectivity index (χ4v) is 1.79. The number of nitriles is 1. The largest absolute Gasteiger partial charge is 0.439 e. The average Bonchev–Trinajstić information content (AvgIpc) is 3.22. The standard InChI is InChI=1S/C14H12N4O/c15-8-9-2-1-3-11(6-9)19-13-7-12(16)17-14(18-13)10-4-5-10/h1-3,6-7,10H,4-5H2,(H2,16,17,18). The van der Waals surface area contributed by atoms with Crippen molar-refractivity contribution in [1.82, 2.24) is 9.97 Å². The van der Waals surface area contributed by atoms with Crippen molar-refractivity contribution in [3.63, 3.8) is 0 Å². The Bertz CT molecular complexity index is 659. The molecule has 0 spiro atoms. The van der Waals surface area contributed by atoms with E-state index in [1.54, 1.807) is 30.3 Å². The number of benzene rings is 1. The Labute approximate surface area is 110 Å². The van der Waals surface area contributed by atoms with Crippen LogP contribution in [0.1, 0.15) is 30.1 Å². The molecule has 0 radical (unpaired) electrons. The van der Waals surface area contributed by atoms with E-state index in [-0.39, 0.29) is 0 Å². The summed E-state index contributed by atoms with van der Waals surface area (Å²) in [6, 6.07) is 10.6. The number of nitrogens with zero attached hydrogens (tertiary/aromatic N) is 3. The van der Waals surface area contributed by atoms with E-state index < -0.39 is 0 Å². The highest BCUT2D eigenvalue weighted by Gasteiger charge is 2.27. The van der Waals surface area contributed by atoms with Crippen LogP contribution in [0.5, 0.6) is 11.6 Å². The summed E-state index contributed by atoms with van der Waals surface area (Å²) >= 11 is 0. The molecule has 1 heterocycles. The molecule has 2 N–H and O–H groups in total. The van der Waals surface area contributed by atoms with Crippen LogP contribution in [0.25, 0.3) is 0 Å². The first-order valence-electron chi connectivity index (χ1n) is 6.07. The molecule has 1 aliphatic carbocycles. The second kappa shape index (κ2) is 4.58. The molecule has 0 atom stereocenters. The van der Waals surface area contributed by atoms with E-state index >= 15 is 0 Å². The Morgan fingerprint density at radius 3 is 2.84 bits per heavy atom. The molecular weight excluding hydrogens is 240 g/mol. The molecule has 1 aliphatic rings. The van der Waals surface area contributed by atoms with Crippen LogP contribution in [0, 0.1) is 11.3 Å². The lowest BCUT2D eigenvalue weighted by atomic mass is 10.2. The highest BCUT2D eigenvalue weighted by atomic mass is 16.5. The SMILES string of the molecule is N#Cc1cccc(Oc2cc(N)nc(C3CC3)n2)c1. The van der Waals surface area contributed by atoms with Gasteiger partial charge in [0.15, 0.2) is 0 Å². The van der Waals surface area contributed by atoms with Gasteiger partial charge < -0.3 is 10.5 Å². The van der Waals surface area contributed by atoms with Crippen LogP contribution in [0.3, 0.4) is 0 Å². The zero-order valence-electron chi connectivity index (χ0n) is 10.2. The maximum absolute atomic E-state index is 8.85. The van der Waals surface area contributed by atoms with Crippen LogP contribution in [0.2, 0.25) is 0 Å². The minimum absolute atomic E-state index is 0.406. The van der Waals surface area contributed by atoms with Gasteiger partial charge in [-0.15, -0.1) is 0 Å². The van der Waals surface area contributed by atoms with Crippen LogP contribution in [-0.2, 0) is 0 Å². The summed E-state index contributed by atoms with van der Waals surface area (Å²) in [5.74, 6) is 2.55. The lowest BCUT2D eigenvalue weighted by Crippen LogP contribution is -2.00. The molecular formula is C14H12N4O. The number of rotatable bonds is 3. The Kier molecular flexibility index (Phi) is 2.76. The van der Waals surface area contributed by atoms with Gasteiger partial charge in [-0.2, -0.15) is 10.2 Å². The molecule has 1 fully saturated rings. The molecule has 3 rings (SSSR count).